The highest BCUT2D eigenvalue weighted by Crippen LogP contribution is 2.23. The number of fused-ring (bicyclic) bond motifs is 1. The number of para-hydroxylation sites is 1. The van der Waals surface area contributed by atoms with Crippen molar-refractivity contribution < 1.29 is 0 Å². The van der Waals surface area contributed by atoms with Crippen LogP contribution in [0.2, 0.25) is 0 Å². The molecule has 1 saturated carbocycles. The first-order valence-electron chi connectivity index (χ1n) is 7.46. The van der Waals surface area contributed by atoms with Crippen molar-refractivity contribution in [2.75, 3.05) is 6.54 Å². The highest BCUT2D eigenvalue weighted by atomic mass is 15.3. The van der Waals surface area contributed by atoms with Gasteiger partial charge in [0.2, 0.25) is 0 Å². The average molecular weight is 257 g/mol. The van der Waals surface area contributed by atoms with E-state index in [-0.39, 0.29) is 0 Å². The first kappa shape index (κ1) is 12.7. The molecular weight excluding hydrogens is 234 g/mol. The molecule has 0 spiro atoms. The Hall–Kier alpha value is -1.35. The van der Waals surface area contributed by atoms with E-state index in [1.54, 1.807) is 0 Å². The Morgan fingerprint density at radius 1 is 1.21 bits per heavy atom. The smallest absolute Gasteiger partial charge is 0.0841 e. The summed E-state index contributed by atoms with van der Waals surface area (Å²) < 4.78 is 1.98. The summed E-state index contributed by atoms with van der Waals surface area (Å²) in [7, 11) is 2.02. The molecule has 1 N–H and O–H groups in total. The summed E-state index contributed by atoms with van der Waals surface area (Å²) in [6.07, 6.45) is 7.06. The number of benzene rings is 1. The third kappa shape index (κ3) is 2.81. The van der Waals surface area contributed by atoms with Crippen molar-refractivity contribution in [3.05, 3.63) is 30.0 Å². The van der Waals surface area contributed by atoms with E-state index in [2.05, 4.69) is 34.7 Å². The molecule has 0 unspecified atom stereocenters. The normalized spacial score (nSPS) is 17.1. The summed E-state index contributed by atoms with van der Waals surface area (Å²) in [4.78, 5) is 0. The third-order valence-electron chi connectivity index (χ3n) is 4.28. The maximum Gasteiger partial charge on any atom is 0.0841 e. The molecule has 0 saturated heterocycles. The Morgan fingerprint density at radius 2 is 2.00 bits per heavy atom. The Morgan fingerprint density at radius 3 is 2.84 bits per heavy atom. The molecule has 0 radical (unpaired) electrons. The first-order valence-corrected chi connectivity index (χ1v) is 7.46. The number of rotatable bonds is 4. The second-order valence-corrected chi connectivity index (χ2v) is 5.72. The Labute approximate surface area is 115 Å². The van der Waals surface area contributed by atoms with Crippen LogP contribution >= 0.6 is 0 Å². The number of hydrogen-bond donors (Lipinski definition) is 1. The van der Waals surface area contributed by atoms with E-state index in [0.29, 0.717) is 0 Å². The molecule has 1 fully saturated rings. The molecule has 0 bridgehead atoms. The zero-order valence-electron chi connectivity index (χ0n) is 11.7. The predicted molar refractivity (Wildman–Crippen MR) is 79.0 cm³/mol. The maximum absolute atomic E-state index is 4.63. The minimum Gasteiger partial charge on any atom is -0.311 e. The summed E-state index contributed by atoms with van der Waals surface area (Å²) in [6, 6.07) is 8.46. The molecule has 0 atom stereocenters. The van der Waals surface area contributed by atoms with Gasteiger partial charge >= 0.3 is 0 Å². The lowest BCUT2D eigenvalue weighted by Crippen LogP contribution is -2.24. The van der Waals surface area contributed by atoms with E-state index >= 15 is 0 Å². The number of nitrogens with one attached hydrogen (secondary N) is 1. The minimum atomic E-state index is 0.878. The van der Waals surface area contributed by atoms with Crippen molar-refractivity contribution in [1.29, 1.82) is 0 Å². The van der Waals surface area contributed by atoms with Crippen molar-refractivity contribution in [2.45, 2.75) is 38.6 Å². The van der Waals surface area contributed by atoms with Crippen molar-refractivity contribution >= 4 is 10.9 Å². The van der Waals surface area contributed by atoms with Gasteiger partial charge in [-0.2, -0.15) is 5.10 Å². The molecule has 2 aromatic rings. The van der Waals surface area contributed by atoms with E-state index in [1.165, 1.54) is 48.7 Å². The van der Waals surface area contributed by atoms with Gasteiger partial charge in [-0.25, -0.2) is 0 Å². The van der Waals surface area contributed by atoms with Gasteiger partial charge in [-0.05, 0) is 31.4 Å². The Balaban J connectivity index is 1.62. The topological polar surface area (TPSA) is 29.9 Å². The van der Waals surface area contributed by atoms with Crippen LogP contribution in [0, 0.1) is 5.92 Å². The van der Waals surface area contributed by atoms with Crippen molar-refractivity contribution in [1.82, 2.24) is 15.1 Å². The van der Waals surface area contributed by atoms with Gasteiger partial charge in [0.15, 0.2) is 0 Å². The monoisotopic (exact) mass is 257 g/mol. The highest BCUT2D eigenvalue weighted by Gasteiger charge is 2.13. The molecule has 3 rings (SSSR count). The zero-order chi connectivity index (χ0) is 13.1. The maximum atomic E-state index is 4.63. The van der Waals surface area contributed by atoms with Crippen LogP contribution in [0.25, 0.3) is 10.9 Å². The van der Waals surface area contributed by atoms with Gasteiger partial charge < -0.3 is 5.32 Å². The van der Waals surface area contributed by atoms with E-state index in [0.717, 1.165) is 19.0 Å². The molecule has 0 aliphatic heterocycles. The van der Waals surface area contributed by atoms with Gasteiger partial charge in [-0.3, -0.25) is 4.68 Å². The van der Waals surface area contributed by atoms with Gasteiger partial charge in [0.25, 0.3) is 0 Å². The van der Waals surface area contributed by atoms with Crippen LogP contribution in [0.4, 0.5) is 0 Å². The Bertz CT molecular complexity index is 538. The molecule has 3 nitrogen and oxygen atoms in total. The highest BCUT2D eigenvalue weighted by molar-refractivity contribution is 5.81. The molecule has 1 aliphatic rings. The fraction of sp³-hybridized carbons (Fsp3) is 0.562. The average Bonchev–Trinajstić information content (AvgIpc) is 2.78. The summed E-state index contributed by atoms with van der Waals surface area (Å²) in [6.45, 7) is 2.03. The van der Waals surface area contributed by atoms with Crippen LogP contribution in [0.5, 0.6) is 0 Å². The number of aryl methyl sites for hydroxylation is 1. The summed E-state index contributed by atoms with van der Waals surface area (Å²) in [5.74, 6) is 0.878. The summed E-state index contributed by atoms with van der Waals surface area (Å²) in [5, 5.41) is 9.51. The van der Waals surface area contributed by atoms with Crippen molar-refractivity contribution in [3.8, 4) is 0 Å². The Kier molecular flexibility index (Phi) is 3.83. The molecule has 1 aromatic heterocycles. The van der Waals surface area contributed by atoms with Gasteiger partial charge in [0.1, 0.15) is 0 Å². The van der Waals surface area contributed by atoms with E-state index < -0.39 is 0 Å². The summed E-state index contributed by atoms with van der Waals surface area (Å²) >= 11 is 0. The molecule has 1 aromatic carbocycles. The molecule has 3 heteroatoms. The lowest BCUT2D eigenvalue weighted by Gasteiger charge is -2.21. The van der Waals surface area contributed by atoms with Gasteiger partial charge in [-0.1, -0.05) is 37.5 Å². The zero-order valence-corrected chi connectivity index (χ0v) is 11.7. The molecule has 1 aliphatic carbocycles. The molecular formula is C16H23N3. The molecule has 0 amide bonds. The van der Waals surface area contributed by atoms with Gasteiger partial charge in [0.05, 0.1) is 11.2 Å². The number of nitrogens with zero attached hydrogens (tertiary/aromatic N) is 2. The SMILES string of the molecule is Cn1nc(CNCC2CCCCC2)c2ccccc21. The van der Waals surface area contributed by atoms with E-state index in [4.69, 9.17) is 0 Å². The van der Waals surface area contributed by atoms with Crippen LogP contribution < -0.4 is 5.32 Å². The second kappa shape index (κ2) is 5.74. The van der Waals surface area contributed by atoms with E-state index in [9.17, 15) is 0 Å². The predicted octanol–water partition coefficient (Wildman–Crippen LogP) is 3.24. The second-order valence-electron chi connectivity index (χ2n) is 5.72. The minimum absolute atomic E-state index is 0.878. The molecule has 19 heavy (non-hydrogen) atoms. The van der Waals surface area contributed by atoms with Crippen LogP contribution in [0.15, 0.2) is 24.3 Å². The van der Waals surface area contributed by atoms with Crippen molar-refractivity contribution in [3.63, 3.8) is 0 Å². The lowest BCUT2D eigenvalue weighted by molar-refractivity contribution is 0.341. The quantitative estimate of drug-likeness (QED) is 0.911. The molecule has 1 heterocycles. The van der Waals surface area contributed by atoms with Crippen LogP contribution in [0.3, 0.4) is 0 Å². The fourth-order valence-electron chi connectivity index (χ4n) is 3.21. The van der Waals surface area contributed by atoms with Gasteiger partial charge in [-0.15, -0.1) is 0 Å². The number of aromatic nitrogens is 2. The summed E-state index contributed by atoms with van der Waals surface area (Å²) in [5.41, 5.74) is 2.39. The third-order valence-corrected chi connectivity index (χ3v) is 4.28. The molecule has 102 valence electrons. The lowest BCUT2D eigenvalue weighted by atomic mass is 9.89. The number of hydrogen-bond acceptors (Lipinski definition) is 2. The fourth-order valence-corrected chi connectivity index (χ4v) is 3.21. The van der Waals surface area contributed by atoms with Crippen LogP contribution in [-0.4, -0.2) is 16.3 Å². The first-order chi connectivity index (χ1) is 9.34. The van der Waals surface area contributed by atoms with Crippen molar-refractivity contribution in [2.24, 2.45) is 13.0 Å². The largest absolute Gasteiger partial charge is 0.311 e. The van der Waals surface area contributed by atoms with Gasteiger partial charge in [0, 0.05) is 19.0 Å². The van der Waals surface area contributed by atoms with Crippen LogP contribution in [0.1, 0.15) is 37.8 Å². The standard InChI is InChI=1S/C16H23N3/c1-19-16-10-6-5-9-14(16)15(18-19)12-17-11-13-7-3-2-4-8-13/h5-6,9-10,13,17H,2-4,7-8,11-12H2,1H3. The van der Waals surface area contributed by atoms with E-state index in [1.807, 2.05) is 11.7 Å². The van der Waals surface area contributed by atoms with Crippen LogP contribution in [-0.2, 0) is 13.6 Å².